The second-order valence-electron chi connectivity index (χ2n) is 6.45. The van der Waals surface area contributed by atoms with Crippen molar-refractivity contribution < 1.29 is 75.7 Å². The number of rotatable bonds is 3. The van der Waals surface area contributed by atoms with E-state index < -0.39 is 86.3 Å². The first-order valence-corrected chi connectivity index (χ1v) is 8.95. The minimum absolute atomic E-state index is 0. The molecule has 0 unspecified atom stereocenters. The Labute approximate surface area is 216 Å². The largest absolute Gasteiger partial charge is 3.00 e. The molecule has 15 nitrogen and oxygen atoms in total. The van der Waals surface area contributed by atoms with Crippen LogP contribution in [0, 0.1) is 0 Å². The fourth-order valence-corrected chi connectivity index (χ4v) is 2.17. The number of hydrogen-bond donors (Lipinski definition) is 9. The topological polar surface area (TPSA) is 302 Å². The van der Waals surface area contributed by atoms with Gasteiger partial charge in [-0.1, -0.05) is 0 Å². The number of aromatic hydroxyl groups is 9. The van der Waals surface area contributed by atoms with Crippen molar-refractivity contribution in [3.8, 4) is 51.7 Å². The molecule has 192 valence electrons. The molecule has 0 saturated heterocycles. The van der Waals surface area contributed by atoms with E-state index in [0.29, 0.717) is 0 Å². The average Bonchev–Trinajstić information content (AvgIpc) is 2.79. The summed E-state index contributed by atoms with van der Waals surface area (Å²) in [6.07, 6.45) is 0. The third-order valence-corrected chi connectivity index (χ3v) is 3.92. The summed E-state index contributed by atoms with van der Waals surface area (Å²) in [5, 5.41) is 110. The van der Waals surface area contributed by atoms with Gasteiger partial charge in [-0.2, -0.15) is 0 Å². The summed E-state index contributed by atoms with van der Waals surface area (Å²) in [4.78, 5) is 30.6. The predicted molar refractivity (Wildman–Crippen MR) is 113 cm³/mol. The van der Waals surface area contributed by atoms with Gasteiger partial charge >= 0.3 is 17.4 Å². The molecule has 0 heterocycles. The second kappa shape index (κ2) is 13.0. The Bertz CT molecular complexity index is 1090. The first-order valence-electron chi connectivity index (χ1n) is 8.95. The van der Waals surface area contributed by atoms with Crippen molar-refractivity contribution in [1.82, 2.24) is 0 Å². The standard InChI is InChI=1S/3C7H6O5.Al/c3*8-4-1-3(7(11)12)2-5(9)6(4)10;/h3*1-2,8-10H,(H,11,12);/q;;;+3/p-3. The molecule has 0 saturated carbocycles. The van der Waals surface area contributed by atoms with Crippen LogP contribution in [0.4, 0.5) is 0 Å². The minimum atomic E-state index is -1.54. The third kappa shape index (κ3) is 8.51. The summed E-state index contributed by atoms with van der Waals surface area (Å²) >= 11 is 0. The van der Waals surface area contributed by atoms with E-state index in [2.05, 4.69) is 0 Å². The summed E-state index contributed by atoms with van der Waals surface area (Å²) in [6.45, 7) is 0. The van der Waals surface area contributed by atoms with E-state index in [4.69, 9.17) is 46.0 Å². The molecule has 3 rings (SSSR count). The van der Waals surface area contributed by atoms with Gasteiger partial charge in [-0.15, -0.1) is 0 Å². The van der Waals surface area contributed by atoms with Gasteiger partial charge in [-0.3, -0.25) is 0 Å². The van der Waals surface area contributed by atoms with Crippen LogP contribution in [0.25, 0.3) is 0 Å². The van der Waals surface area contributed by atoms with Gasteiger partial charge in [0.2, 0.25) is 0 Å². The van der Waals surface area contributed by atoms with Crippen molar-refractivity contribution in [1.29, 1.82) is 0 Å². The maximum atomic E-state index is 10.2. The van der Waals surface area contributed by atoms with Crippen molar-refractivity contribution in [2.75, 3.05) is 0 Å². The van der Waals surface area contributed by atoms with Gasteiger partial charge in [0.25, 0.3) is 0 Å². The first-order chi connectivity index (χ1) is 16.6. The third-order valence-electron chi connectivity index (χ3n) is 3.92. The van der Waals surface area contributed by atoms with E-state index in [0.717, 1.165) is 36.4 Å². The summed E-state index contributed by atoms with van der Waals surface area (Å²) in [7, 11) is 0. The number of benzene rings is 3. The molecule has 0 bridgehead atoms. The summed E-state index contributed by atoms with van der Waals surface area (Å²) in [5.41, 5.74) is -1.20. The molecule has 0 amide bonds. The average molecular weight is 534 g/mol. The van der Waals surface area contributed by atoms with E-state index >= 15 is 0 Å². The number of phenols is 9. The zero-order valence-corrected chi connectivity index (χ0v) is 19.2. The summed E-state index contributed by atoms with van der Waals surface area (Å²) in [5.74, 6) is -11.1. The first kappa shape index (κ1) is 31.8. The fourth-order valence-electron chi connectivity index (χ4n) is 2.17. The molecule has 3 aromatic carbocycles. The Morgan fingerprint density at radius 3 is 0.649 bits per heavy atom. The Morgan fingerprint density at radius 2 is 0.541 bits per heavy atom. The smallest absolute Gasteiger partial charge is 0.545 e. The monoisotopic (exact) mass is 534 g/mol. The van der Waals surface area contributed by atoms with Crippen LogP contribution in [-0.2, 0) is 0 Å². The normalized spacial score (nSPS) is 9.41. The van der Waals surface area contributed by atoms with Crippen molar-refractivity contribution in [2.24, 2.45) is 0 Å². The Morgan fingerprint density at radius 1 is 0.405 bits per heavy atom. The van der Waals surface area contributed by atoms with Crippen molar-refractivity contribution in [2.45, 2.75) is 0 Å². The number of aromatic carboxylic acids is 3. The van der Waals surface area contributed by atoms with Crippen LogP contribution in [-0.4, -0.2) is 81.2 Å². The van der Waals surface area contributed by atoms with Gasteiger partial charge in [-0.25, -0.2) is 0 Å². The molecule has 37 heavy (non-hydrogen) atoms. The molecule has 0 aliphatic carbocycles. The van der Waals surface area contributed by atoms with Gasteiger partial charge in [-0.05, 0) is 36.4 Å². The minimum Gasteiger partial charge on any atom is -0.545 e. The van der Waals surface area contributed by atoms with E-state index in [1.807, 2.05) is 0 Å². The van der Waals surface area contributed by atoms with Gasteiger partial charge in [0, 0.05) is 16.7 Å². The van der Waals surface area contributed by atoms with Gasteiger partial charge in [0.15, 0.2) is 51.7 Å². The zero-order valence-electron chi connectivity index (χ0n) is 18.0. The summed E-state index contributed by atoms with van der Waals surface area (Å²) < 4.78 is 0. The second-order valence-corrected chi connectivity index (χ2v) is 6.45. The number of hydrogen-bond acceptors (Lipinski definition) is 15. The fraction of sp³-hybridized carbons (Fsp3) is 0. The van der Waals surface area contributed by atoms with Crippen molar-refractivity contribution in [3.05, 3.63) is 53.1 Å². The number of phenolic OH excluding ortho intramolecular Hbond substituents is 9. The number of carbonyl (C=O) groups excluding carboxylic acids is 3. The molecular formula is C21H15AlO15. The molecule has 0 radical (unpaired) electrons. The Kier molecular flexibility index (Phi) is 11.2. The van der Waals surface area contributed by atoms with E-state index in [1.165, 1.54) is 0 Å². The molecule has 16 heteroatoms. The molecule has 0 aliphatic heterocycles. The van der Waals surface area contributed by atoms with Crippen LogP contribution in [0.5, 0.6) is 51.7 Å². The maximum Gasteiger partial charge on any atom is 3.00 e. The van der Waals surface area contributed by atoms with E-state index in [9.17, 15) is 29.7 Å². The quantitative estimate of drug-likeness (QED) is 0.120. The number of carbonyl (C=O) groups is 3. The van der Waals surface area contributed by atoms with Crippen LogP contribution in [0.1, 0.15) is 31.1 Å². The molecule has 0 aromatic heterocycles. The van der Waals surface area contributed by atoms with Crippen LogP contribution in [0.3, 0.4) is 0 Å². The predicted octanol–water partition coefficient (Wildman–Crippen LogP) is -2.88. The van der Waals surface area contributed by atoms with Gasteiger partial charge in [0.1, 0.15) is 0 Å². The number of carboxylic acid groups (broad SMARTS) is 3. The van der Waals surface area contributed by atoms with Crippen LogP contribution in [0.2, 0.25) is 0 Å². The molecule has 0 atom stereocenters. The Hall–Kier alpha value is -5.20. The van der Waals surface area contributed by atoms with Crippen LogP contribution < -0.4 is 15.3 Å². The molecular weight excluding hydrogens is 519 g/mol. The molecule has 9 N–H and O–H groups in total. The van der Waals surface area contributed by atoms with Crippen LogP contribution in [0.15, 0.2) is 36.4 Å². The van der Waals surface area contributed by atoms with E-state index in [-0.39, 0.29) is 17.4 Å². The Balaban J connectivity index is 0.000000518. The van der Waals surface area contributed by atoms with E-state index in [1.54, 1.807) is 0 Å². The van der Waals surface area contributed by atoms with Crippen LogP contribution >= 0.6 is 0 Å². The molecule has 0 spiro atoms. The maximum absolute atomic E-state index is 10.2. The van der Waals surface area contributed by atoms with Crippen molar-refractivity contribution >= 4 is 35.3 Å². The zero-order chi connectivity index (χ0) is 27.9. The SMILES string of the molecule is O=C([O-])c1cc(O)c(O)c(O)c1.O=C([O-])c1cc(O)c(O)c(O)c1.O=C([O-])c1cc(O)c(O)c(O)c1.[Al+3]. The number of carboxylic acids is 3. The summed E-state index contributed by atoms with van der Waals surface area (Å²) in [6, 6.07) is 4.69. The van der Waals surface area contributed by atoms with Crippen molar-refractivity contribution in [3.63, 3.8) is 0 Å². The molecule has 3 aromatic rings. The molecule has 0 aliphatic rings. The van der Waals surface area contributed by atoms with Gasteiger partial charge < -0.3 is 75.7 Å². The van der Waals surface area contributed by atoms with Gasteiger partial charge in [0.05, 0.1) is 17.9 Å². The molecule has 0 fully saturated rings.